The Kier molecular flexibility index (Phi) is 4.45. The van der Waals surface area contributed by atoms with Crippen molar-refractivity contribution in [2.75, 3.05) is 5.32 Å². The van der Waals surface area contributed by atoms with E-state index < -0.39 is 0 Å². The van der Waals surface area contributed by atoms with Gasteiger partial charge in [0.25, 0.3) is 0 Å². The van der Waals surface area contributed by atoms with Crippen molar-refractivity contribution in [2.24, 2.45) is 10.8 Å². The van der Waals surface area contributed by atoms with Crippen LogP contribution in [0.5, 0.6) is 0 Å². The van der Waals surface area contributed by atoms with E-state index in [0.717, 1.165) is 18.5 Å². The molecule has 1 N–H and O–H groups in total. The Morgan fingerprint density at radius 3 is 2.00 bits per heavy atom. The fraction of sp³-hybridized carbons (Fsp3) is 0.333. The van der Waals surface area contributed by atoms with Crippen LogP contribution in [-0.2, 0) is 12.8 Å². The fourth-order valence-electron chi connectivity index (χ4n) is 4.96. The highest BCUT2D eigenvalue weighted by molar-refractivity contribution is 6.06. The second-order valence-electron chi connectivity index (χ2n) is 11.2. The maximum Gasteiger partial charge on any atom is 0.0432 e. The molecule has 0 saturated heterocycles. The van der Waals surface area contributed by atoms with Crippen LogP contribution in [-0.4, -0.2) is 0 Å². The number of para-hydroxylation sites is 1. The summed E-state index contributed by atoms with van der Waals surface area (Å²) in [4.78, 5) is 0. The first-order chi connectivity index (χ1) is 14.6. The zero-order valence-electron chi connectivity index (χ0n) is 19.7. The van der Waals surface area contributed by atoms with Gasteiger partial charge in [0, 0.05) is 11.4 Å². The molecule has 3 aromatic carbocycles. The molecule has 0 aliphatic heterocycles. The van der Waals surface area contributed by atoms with E-state index in [1.807, 2.05) is 0 Å². The Morgan fingerprint density at radius 2 is 1.32 bits per heavy atom. The number of benzene rings is 3. The van der Waals surface area contributed by atoms with E-state index in [-0.39, 0.29) is 10.8 Å². The second-order valence-corrected chi connectivity index (χ2v) is 11.2. The summed E-state index contributed by atoms with van der Waals surface area (Å²) in [6.07, 6.45) is 6.95. The zero-order chi connectivity index (χ0) is 22.0. The van der Waals surface area contributed by atoms with Gasteiger partial charge in [-0.1, -0.05) is 95.2 Å². The van der Waals surface area contributed by atoms with E-state index in [1.165, 1.54) is 49.9 Å². The summed E-state index contributed by atoms with van der Waals surface area (Å²) in [6, 6.07) is 17.7. The van der Waals surface area contributed by atoms with Crippen LogP contribution in [0.15, 0.2) is 59.7 Å². The molecular weight excluding hydrogens is 374 g/mol. The maximum absolute atomic E-state index is 3.76. The van der Waals surface area contributed by atoms with E-state index in [1.54, 1.807) is 0 Å². The number of hydrogen-bond donors (Lipinski definition) is 1. The van der Waals surface area contributed by atoms with Gasteiger partial charge in [0.2, 0.25) is 0 Å². The lowest BCUT2D eigenvalue weighted by atomic mass is 9.73. The van der Waals surface area contributed by atoms with Crippen LogP contribution in [0.3, 0.4) is 0 Å². The zero-order valence-corrected chi connectivity index (χ0v) is 19.7. The number of anilines is 2. The third-order valence-corrected chi connectivity index (χ3v) is 6.93. The minimum Gasteiger partial charge on any atom is -0.355 e. The molecule has 0 aromatic heterocycles. The number of nitrogens with one attached hydrogen (secondary N) is 1. The molecule has 1 nitrogen and oxygen atoms in total. The van der Waals surface area contributed by atoms with Gasteiger partial charge in [-0.3, -0.25) is 0 Å². The third kappa shape index (κ3) is 3.51. The molecule has 0 unspecified atom stereocenters. The molecule has 3 aromatic rings. The second kappa shape index (κ2) is 6.85. The van der Waals surface area contributed by atoms with Crippen LogP contribution in [0.4, 0.5) is 11.4 Å². The molecule has 2 aliphatic carbocycles. The van der Waals surface area contributed by atoms with Crippen molar-refractivity contribution in [3.8, 4) is 0 Å². The quantitative estimate of drug-likeness (QED) is 0.448. The molecule has 1 heteroatoms. The van der Waals surface area contributed by atoms with E-state index in [4.69, 9.17) is 0 Å². The van der Waals surface area contributed by atoms with Gasteiger partial charge in [0.1, 0.15) is 0 Å². The topological polar surface area (TPSA) is 12.0 Å². The SMILES string of the molecule is CC(C)(C)C1=Cc2cc(Nc3ccccc3)c3c4c(ccc(c24)C1)C=C(C(C)(C)C)C3. The average molecular weight is 408 g/mol. The van der Waals surface area contributed by atoms with Gasteiger partial charge in [-0.15, -0.1) is 0 Å². The van der Waals surface area contributed by atoms with Crippen LogP contribution in [0.2, 0.25) is 0 Å². The normalized spacial score (nSPS) is 15.5. The van der Waals surface area contributed by atoms with Crippen molar-refractivity contribution in [1.82, 2.24) is 0 Å². The summed E-state index contributed by atoms with van der Waals surface area (Å²) < 4.78 is 0. The summed E-state index contributed by atoms with van der Waals surface area (Å²) >= 11 is 0. The Balaban J connectivity index is 1.79. The van der Waals surface area contributed by atoms with Crippen LogP contribution < -0.4 is 5.32 Å². The molecule has 31 heavy (non-hydrogen) atoms. The monoisotopic (exact) mass is 407 g/mol. The van der Waals surface area contributed by atoms with E-state index in [2.05, 4.69) is 108 Å². The molecule has 0 amide bonds. The summed E-state index contributed by atoms with van der Waals surface area (Å²) in [6.45, 7) is 14.0. The third-order valence-electron chi connectivity index (χ3n) is 6.93. The van der Waals surface area contributed by atoms with Crippen molar-refractivity contribution >= 4 is 34.3 Å². The van der Waals surface area contributed by atoms with Crippen molar-refractivity contribution in [3.05, 3.63) is 81.9 Å². The largest absolute Gasteiger partial charge is 0.355 e. The lowest BCUT2D eigenvalue weighted by molar-refractivity contribution is 0.494. The Morgan fingerprint density at radius 1 is 0.677 bits per heavy atom. The molecule has 0 atom stereocenters. The molecular formula is C30H33N. The number of hydrogen-bond acceptors (Lipinski definition) is 1. The van der Waals surface area contributed by atoms with Gasteiger partial charge in [-0.25, -0.2) is 0 Å². The van der Waals surface area contributed by atoms with Crippen molar-refractivity contribution in [1.29, 1.82) is 0 Å². The van der Waals surface area contributed by atoms with Crippen molar-refractivity contribution in [2.45, 2.75) is 54.4 Å². The number of allylic oxidation sites excluding steroid dienone is 2. The molecule has 0 radical (unpaired) electrons. The Labute approximate surface area is 186 Å². The summed E-state index contributed by atoms with van der Waals surface area (Å²) in [5.41, 5.74) is 11.4. The lowest BCUT2D eigenvalue weighted by Crippen LogP contribution is -2.18. The Bertz CT molecular complexity index is 1240. The lowest BCUT2D eigenvalue weighted by Gasteiger charge is -2.33. The molecule has 0 saturated carbocycles. The first-order valence-electron chi connectivity index (χ1n) is 11.5. The van der Waals surface area contributed by atoms with Crippen molar-refractivity contribution in [3.63, 3.8) is 0 Å². The highest BCUT2D eigenvalue weighted by Gasteiger charge is 2.29. The van der Waals surface area contributed by atoms with E-state index >= 15 is 0 Å². The molecule has 0 fully saturated rings. The predicted octanol–water partition coefficient (Wildman–Crippen LogP) is 8.55. The van der Waals surface area contributed by atoms with Crippen LogP contribution in [0, 0.1) is 10.8 Å². The molecule has 0 heterocycles. The van der Waals surface area contributed by atoms with Gasteiger partial charge >= 0.3 is 0 Å². The van der Waals surface area contributed by atoms with Crippen molar-refractivity contribution < 1.29 is 0 Å². The van der Waals surface area contributed by atoms with Crippen LogP contribution >= 0.6 is 0 Å². The molecule has 0 spiro atoms. The van der Waals surface area contributed by atoms with Gasteiger partial charge < -0.3 is 5.32 Å². The first-order valence-corrected chi connectivity index (χ1v) is 11.5. The van der Waals surface area contributed by atoms with Gasteiger partial charge in [-0.2, -0.15) is 0 Å². The van der Waals surface area contributed by atoms with Gasteiger partial charge in [0.15, 0.2) is 0 Å². The average Bonchev–Trinajstić information content (AvgIpc) is 2.71. The van der Waals surface area contributed by atoms with Gasteiger partial charge in [-0.05, 0) is 74.9 Å². The smallest absolute Gasteiger partial charge is 0.0432 e. The predicted molar refractivity (Wildman–Crippen MR) is 136 cm³/mol. The molecule has 0 bridgehead atoms. The summed E-state index contributed by atoms with van der Waals surface area (Å²) in [5.74, 6) is 0. The van der Waals surface area contributed by atoms with Crippen LogP contribution in [0.1, 0.15) is 63.8 Å². The van der Waals surface area contributed by atoms with E-state index in [0.29, 0.717) is 0 Å². The molecule has 2 aliphatic rings. The maximum atomic E-state index is 3.76. The highest BCUT2D eigenvalue weighted by Crippen LogP contribution is 2.47. The standard InChI is InChI=1S/C30H33N/c1-29(2,3)22-14-19-12-13-20-15-23(30(4,5)6)18-25-26(31-24-10-8-7-9-11-24)17-21(16-22)27(19)28(20)25/h7-13,15-17,31H,14,18H2,1-6H3. The molecule has 5 rings (SSSR count). The number of rotatable bonds is 2. The minimum atomic E-state index is 0.155. The van der Waals surface area contributed by atoms with E-state index in [9.17, 15) is 0 Å². The summed E-state index contributed by atoms with van der Waals surface area (Å²) in [7, 11) is 0. The Hall–Kier alpha value is -2.80. The minimum absolute atomic E-state index is 0.155. The molecule has 158 valence electrons. The van der Waals surface area contributed by atoms with Crippen LogP contribution in [0.25, 0.3) is 22.9 Å². The fourth-order valence-corrected chi connectivity index (χ4v) is 4.96. The first kappa shape index (κ1) is 20.1. The highest BCUT2D eigenvalue weighted by atomic mass is 14.9. The van der Waals surface area contributed by atoms with Gasteiger partial charge in [0.05, 0.1) is 0 Å². The summed E-state index contributed by atoms with van der Waals surface area (Å²) in [5, 5.41) is 6.68.